The molecule has 0 atom stereocenters. The molecule has 6 heteroatoms. The van der Waals surface area contributed by atoms with Crippen molar-refractivity contribution in [2.75, 3.05) is 5.32 Å². The summed E-state index contributed by atoms with van der Waals surface area (Å²) in [5, 5.41) is 10.5. The third kappa shape index (κ3) is 4.19. The summed E-state index contributed by atoms with van der Waals surface area (Å²) < 4.78 is 1.83. The Morgan fingerprint density at radius 3 is 2.31 bits per heavy atom. The highest BCUT2D eigenvalue weighted by molar-refractivity contribution is 6.03. The quantitative estimate of drug-likeness (QED) is 0.628. The number of carbonyl (C=O) groups is 2. The minimum absolute atomic E-state index is 0.116. The molecule has 6 nitrogen and oxygen atoms in total. The first-order chi connectivity index (χ1) is 15.5. The topological polar surface area (TPSA) is 76.0 Å². The van der Waals surface area contributed by atoms with Crippen molar-refractivity contribution < 1.29 is 9.59 Å². The van der Waals surface area contributed by atoms with E-state index in [0.29, 0.717) is 12.1 Å². The van der Waals surface area contributed by atoms with Gasteiger partial charge in [-0.3, -0.25) is 9.59 Å². The molecular weight excluding hydrogens is 400 g/mol. The molecule has 2 amide bonds. The molecule has 2 N–H and O–H groups in total. The zero-order valence-electron chi connectivity index (χ0n) is 19.0. The Morgan fingerprint density at radius 1 is 1.03 bits per heavy atom. The Kier molecular flexibility index (Phi) is 5.78. The summed E-state index contributed by atoms with van der Waals surface area (Å²) in [5.74, 6) is 3.12. The number of benzene rings is 1. The summed E-state index contributed by atoms with van der Waals surface area (Å²) in [6.45, 7) is 3.45. The van der Waals surface area contributed by atoms with Crippen LogP contribution in [-0.4, -0.2) is 21.6 Å². The molecule has 4 fully saturated rings. The molecular formula is C26H34N4O2. The largest absolute Gasteiger partial charge is 0.352 e. The number of carbonyl (C=O) groups excluding carboxylic acids is 2. The molecule has 6 rings (SSSR count). The highest BCUT2D eigenvalue weighted by atomic mass is 16.2. The summed E-state index contributed by atoms with van der Waals surface area (Å²) >= 11 is 0. The molecule has 0 aliphatic heterocycles. The summed E-state index contributed by atoms with van der Waals surface area (Å²) in [7, 11) is 0. The molecule has 1 aromatic carbocycles. The van der Waals surface area contributed by atoms with Gasteiger partial charge in [-0.1, -0.05) is 25.5 Å². The molecule has 4 aliphatic rings. The molecule has 4 saturated carbocycles. The number of nitrogens with one attached hydrogen (secondary N) is 2. The number of rotatable bonds is 8. The van der Waals surface area contributed by atoms with E-state index < -0.39 is 0 Å². The van der Waals surface area contributed by atoms with Crippen molar-refractivity contribution in [2.24, 2.45) is 23.2 Å². The van der Waals surface area contributed by atoms with Crippen LogP contribution in [0.1, 0.15) is 74.2 Å². The second-order valence-electron chi connectivity index (χ2n) is 10.3. The van der Waals surface area contributed by atoms with Crippen molar-refractivity contribution in [3.8, 4) is 0 Å². The van der Waals surface area contributed by atoms with Gasteiger partial charge < -0.3 is 10.6 Å². The molecule has 0 radical (unpaired) electrons. The van der Waals surface area contributed by atoms with Gasteiger partial charge in [0.05, 0.1) is 6.20 Å². The lowest BCUT2D eigenvalue weighted by Crippen LogP contribution is -2.53. The van der Waals surface area contributed by atoms with Gasteiger partial charge in [-0.15, -0.1) is 0 Å². The lowest BCUT2D eigenvalue weighted by atomic mass is 9.49. The first kappa shape index (κ1) is 21.2. The predicted octanol–water partition coefficient (Wildman–Crippen LogP) is 4.77. The van der Waals surface area contributed by atoms with Crippen LogP contribution < -0.4 is 10.6 Å². The molecule has 0 unspecified atom stereocenters. The minimum atomic E-state index is -0.146. The predicted molar refractivity (Wildman–Crippen MR) is 124 cm³/mol. The van der Waals surface area contributed by atoms with Crippen LogP contribution in [-0.2, 0) is 17.9 Å². The monoisotopic (exact) mass is 434 g/mol. The molecule has 0 saturated heterocycles. The zero-order chi connectivity index (χ0) is 22.1. The van der Waals surface area contributed by atoms with Crippen LogP contribution >= 0.6 is 0 Å². The average molecular weight is 435 g/mol. The average Bonchev–Trinajstić information content (AvgIpc) is 3.22. The van der Waals surface area contributed by atoms with Gasteiger partial charge in [-0.25, -0.2) is 4.68 Å². The van der Waals surface area contributed by atoms with Gasteiger partial charge in [-0.05, 0) is 80.4 Å². The van der Waals surface area contributed by atoms with Crippen LogP contribution in [0.25, 0.3) is 0 Å². The first-order valence-corrected chi connectivity index (χ1v) is 12.2. The lowest BCUT2D eigenvalue weighted by molar-refractivity contribution is -0.146. The Bertz CT molecular complexity index is 943. The number of unbranched alkanes of at least 4 members (excludes halogenated alkanes) is 1. The second-order valence-corrected chi connectivity index (χ2v) is 10.3. The minimum Gasteiger partial charge on any atom is -0.352 e. The number of aromatic nitrogens is 2. The van der Waals surface area contributed by atoms with Crippen LogP contribution in [0.4, 0.5) is 5.82 Å². The van der Waals surface area contributed by atoms with Crippen molar-refractivity contribution in [1.29, 1.82) is 0 Å². The third-order valence-electron chi connectivity index (χ3n) is 7.87. The molecule has 1 aromatic heterocycles. The maximum atomic E-state index is 13.1. The summed E-state index contributed by atoms with van der Waals surface area (Å²) in [5.41, 5.74) is 1.51. The molecule has 2 aromatic rings. The maximum Gasteiger partial charge on any atom is 0.256 e. The van der Waals surface area contributed by atoms with E-state index in [0.717, 1.165) is 67.8 Å². The normalized spacial score (nSPS) is 28.0. The number of anilines is 1. The number of nitrogens with zero attached hydrogens (tertiary/aromatic N) is 2. The van der Waals surface area contributed by atoms with Crippen LogP contribution in [0.15, 0.2) is 36.5 Å². The van der Waals surface area contributed by atoms with E-state index in [2.05, 4.69) is 22.7 Å². The summed E-state index contributed by atoms with van der Waals surface area (Å²) in [6.07, 6.45) is 11.1. The van der Waals surface area contributed by atoms with Gasteiger partial charge in [0.1, 0.15) is 5.82 Å². The third-order valence-corrected chi connectivity index (χ3v) is 7.87. The number of hydrogen-bond donors (Lipinski definition) is 2. The van der Waals surface area contributed by atoms with Gasteiger partial charge in [0.2, 0.25) is 5.91 Å². The lowest BCUT2D eigenvalue weighted by Gasteiger charge is -2.55. The van der Waals surface area contributed by atoms with E-state index in [1.54, 1.807) is 6.20 Å². The van der Waals surface area contributed by atoms with Gasteiger partial charge >= 0.3 is 0 Å². The van der Waals surface area contributed by atoms with Gasteiger partial charge in [-0.2, -0.15) is 5.10 Å². The Labute approximate surface area is 190 Å². The van der Waals surface area contributed by atoms with E-state index in [9.17, 15) is 9.59 Å². The molecule has 170 valence electrons. The van der Waals surface area contributed by atoms with Crippen molar-refractivity contribution in [3.63, 3.8) is 0 Å². The molecule has 4 aliphatic carbocycles. The van der Waals surface area contributed by atoms with Gasteiger partial charge in [0.25, 0.3) is 5.91 Å². The number of aryl methyl sites for hydroxylation is 1. The van der Waals surface area contributed by atoms with E-state index in [-0.39, 0.29) is 17.2 Å². The maximum absolute atomic E-state index is 13.1. The Morgan fingerprint density at radius 2 is 1.69 bits per heavy atom. The van der Waals surface area contributed by atoms with Crippen LogP contribution in [0.5, 0.6) is 0 Å². The summed E-state index contributed by atoms with van der Waals surface area (Å²) in [6, 6.07) is 9.34. The molecule has 1 heterocycles. The van der Waals surface area contributed by atoms with Crippen molar-refractivity contribution in [3.05, 3.63) is 47.7 Å². The standard InChI is InChI=1S/C26H34N4O2/c1-2-3-10-30-23(8-9-28-30)29-24(31)22-6-4-18(5-7-22)17-27-25(32)26-14-19-11-20(15-26)13-21(12-19)16-26/h4-9,19-21H,2-3,10-17H2,1H3,(H,27,32)(H,29,31). The van der Waals surface area contributed by atoms with Crippen LogP contribution in [0, 0.1) is 23.2 Å². The fourth-order valence-corrected chi connectivity index (χ4v) is 6.65. The Hall–Kier alpha value is -2.63. The first-order valence-electron chi connectivity index (χ1n) is 12.2. The van der Waals surface area contributed by atoms with Gasteiger partial charge in [0, 0.05) is 30.1 Å². The van der Waals surface area contributed by atoms with Crippen molar-refractivity contribution in [1.82, 2.24) is 15.1 Å². The van der Waals surface area contributed by atoms with Crippen molar-refractivity contribution >= 4 is 17.6 Å². The van der Waals surface area contributed by atoms with Crippen molar-refractivity contribution in [2.45, 2.75) is 71.4 Å². The zero-order valence-corrected chi connectivity index (χ0v) is 19.0. The highest BCUT2D eigenvalue weighted by Crippen LogP contribution is 2.60. The fraction of sp³-hybridized carbons (Fsp3) is 0.577. The molecule has 4 bridgehead atoms. The number of hydrogen-bond acceptors (Lipinski definition) is 3. The molecule has 32 heavy (non-hydrogen) atoms. The van der Waals surface area contributed by atoms with Crippen LogP contribution in [0.2, 0.25) is 0 Å². The van der Waals surface area contributed by atoms with E-state index in [1.807, 2.05) is 35.0 Å². The summed E-state index contributed by atoms with van der Waals surface area (Å²) in [4.78, 5) is 25.8. The van der Waals surface area contributed by atoms with Gasteiger partial charge in [0.15, 0.2) is 0 Å². The highest BCUT2D eigenvalue weighted by Gasteiger charge is 2.54. The SMILES string of the molecule is CCCCn1nccc1NC(=O)c1ccc(CNC(=O)C23CC4CC(CC(C4)C2)C3)cc1. The van der Waals surface area contributed by atoms with E-state index >= 15 is 0 Å². The Balaban J connectivity index is 1.16. The fourth-order valence-electron chi connectivity index (χ4n) is 6.65. The molecule has 0 spiro atoms. The smallest absolute Gasteiger partial charge is 0.256 e. The number of amides is 2. The van der Waals surface area contributed by atoms with E-state index in [1.165, 1.54) is 19.3 Å². The second kappa shape index (κ2) is 8.72. The van der Waals surface area contributed by atoms with E-state index in [4.69, 9.17) is 0 Å². The van der Waals surface area contributed by atoms with Crippen LogP contribution in [0.3, 0.4) is 0 Å².